The van der Waals surface area contributed by atoms with E-state index >= 15 is 0 Å². The van der Waals surface area contributed by atoms with Gasteiger partial charge < -0.3 is 9.26 Å². The Kier molecular flexibility index (Phi) is 4.19. The third kappa shape index (κ3) is 3.19. The number of benzene rings is 1. The number of rotatable bonds is 5. The summed E-state index contributed by atoms with van der Waals surface area (Å²) in [5.74, 6) is -2.29. The van der Waals surface area contributed by atoms with E-state index in [0.717, 1.165) is 44.4 Å². The van der Waals surface area contributed by atoms with Gasteiger partial charge in [-0.05, 0) is 31.0 Å². The summed E-state index contributed by atoms with van der Waals surface area (Å²) in [6, 6.07) is 2.81. The molecule has 1 aliphatic rings. The molecule has 0 radical (unpaired) electrons. The van der Waals surface area contributed by atoms with Gasteiger partial charge in [0, 0.05) is 17.7 Å². The first-order valence-corrected chi connectivity index (χ1v) is 9.25. The average molecular weight is 367 g/mol. The van der Waals surface area contributed by atoms with Gasteiger partial charge in [0.1, 0.15) is 11.4 Å². The molecule has 0 amide bonds. The molecule has 0 spiro atoms. The van der Waals surface area contributed by atoms with Crippen LogP contribution in [0.25, 0.3) is 0 Å². The van der Waals surface area contributed by atoms with Crippen molar-refractivity contribution >= 4 is 21.6 Å². The minimum Gasteiger partial charge on any atom is -0.464 e. The van der Waals surface area contributed by atoms with Crippen molar-refractivity contribution in [3.63, 3.8) is 0 Å². The molecule has 7 nitrogen and oxygen atoms in total. The van der Waals surface area contributed by atoms with E-state index in [9.17, 15) is 22.4 Å². The second-order valence-corrected chi connectivity index (χ2v) is 7.76. The number of esters is 1. The highest BCUT2D eigenvalue weighted by atomic mass is 32.2. The predicted octanol–water partition coefficient (Wildman–Crippen LogP) is 2.11. The molecule has 0 N–H and O–H groups in total. The number of carbonyl (C=O) groups is 2. The zero-order chi connectivity index (χ0) is 18.4. The van der Waals surface area contributed by atoms with Crippen LogP contribution < -0.4 is 0 Å². The molecule has 0 saturated heterocycles. The fourth-order valence-electron chi connectivity index (χ4n) is 2.51. The molecule has 2 aromatic rings. The van der Waals surface area contributed by atoms with E-state index in [1.165, 1.54) is 0 Å². The molecular formula is C16H14FNO6S. The summed E-state index contributed by atoms with van der Waals surface area (Å²) in [5.41, 5.74) is -0.705. The zero-order valence-electron chi connectivity index (χ0n) is 13.4. The van der Waals surface area contributed by atoms with Crippen LogP contribution in [-0.2, 0) is 14.6 Å². The molecule has 1 fully saturated rings. The van der Waals surface area contributed by atoms with Crippen LogP contribution >= 0.6 is 0 Å². The summed E-state index contributed by atoms with van der Waals surface area (Å²) in [6.07, 6.45) is 2.39. The SMILES string of the molecule is COC(=O)c1noc(C2CC2)c1C(=O)c1ccc(F)cc1S(C)(=O)=O. The standard InChI is InChI=1S/C16H14FNO6S/c1-23-16(20)13-12(15(24-18-13)8-3-4-8)14(19)10-6-5-9(17)7-11(10)25(2,21)22/h5-8H,3-4H2,1-2H3. The van der Waals surface area contributed by atoms with Gasteiger partial charge in [-0.3, -0.25) is 4.79 Å². The van der Waals surface area contributed by atoms with Crippen LogP contribution in [0.15, 0.2) is 27.6 Å². The van der Waals surface area contributed by atoms with E-state index in [1.807, 2.05) is 0 Å². The summed E-state index contributed by atoms with van der Waals surface area (Å²) in [7, 11) is -2.75. The zero-order valence-corrected chi connectivity index (χ0v) is 14.2. The van der Waals surface area contributed by atoms with Crippen LogP contribution in [0.3, 0.4) is 0 Å². The second-order valence-electron chi connectivity index (χ2n) is 5.78. The number of nitrogens with zero attached hydrogens (tertiary/aromatic N) is 1. The normalized spacial score (nSPS) is 14.4. The predicted molar refractivity (Wildman–Crippen MR) is 82.8 cm³/mol. The number of ether oxygens (including phenoxy) is 1. The summed E-state index contributed by atoms with van der Waals surface area (Å²) in [5, 5.41) is 3.61. The topological polar surface area (TPSA) is 104 Å². The first kappa shape index (κ1) is 17.3. The molecule has 1 heterocycles. The van der Waals surface area contributed by atoms with Gasteiger partial charge in [-0.1, -0.05) is 5.16 Å². The maximum Gasteiger partial charge on any atom is 0.361 e. The number of aromatic nitrogens is 1. The molecule has 1 aliphatic carbocycles. The van der Waals surface area contributed by atoms with Crippen molar-refractivity contribution in [3.05, 3.63) is 46.6 Å². The maximum atomic E-state index is 13.5. The average Bonchev–Trinajstić information content (AvgIpc) is 3.31. The van der Waals surface area contributed by atoms with Crippen molar-refractivity contribution in [2.24, 2.45) is 0 Å². The number of ketones is 1. The molecule has 25 heavy (non-hydrogen) atoms. The van der Waals surface area contributed by atoms with Crippen LogP contribution in [0.5, 0.6) is 0 Å². The number of halogens is 1. The van der Waals surface area contributed by atoms with E-state index < -0.39 is 32.3 Å². The van der Waals surface area contributed by atoms with Gasteiger partial charge in [0.05, 0.1) is 12.0 Å². The van der Waals surface area contributed by atoms with Gasteiger partial charge >= 0.3 is 5.97 Å². The number of sulfone groups is 1. The first-order chi connectivity index (χ1) is 11.7. The Labute approximate surface area is 142 Å². The molecule has 0 bridgehead atoms. The van der Waals surface area contributed by atoms with E-state index in [2.05, 4.69) is 9.89 Å². The van der Waals surface area contributed by atoms with Crippen LogP contribution in [-0.4, -0.2) is 38.7 Å². The van der Waals surface area contributed by atoms with Crippen LogP contribution in [0.1, 0.15) is 50.9 Å². The maximum absolute atomic E-state index is 13.5. The second kappa shape index (κ2) is 6.07. The Morgan fingerprint density at radius 3 is 2.56 bits per heavy atom. The smallest absolute Gasteiger partial charge is 0.361 e. The fourth-order valence-corrected chi connectivity index (χ4v) is 3.39. The highest BCUT2D eigenvalue weighted by molar-refractivity contribution is 7.90. The number of hydrogen-bond acceptors (Lipinski definition) is 7. The lowest BCUT2D eigenvalue weighted by molar-refractivity contribution is 0.0586. The molecular weight excluding hydrogens is 353 g/mol. The fraction of sp³-hybridized carbons (Fsp3) is 0.312. The van der Waals surface area contributed by atoms with Crippen molar-refractivity contribution in [3.8, 4) is 0 Å². The Hall–Kier alpha value is -2.55. The van der Waals surface area contributed by atoms with Gasteiger partial charge in [-0.15, -0.1) is 0 Å². The van der Waals surface area contributed by atoms with Crippen LogP contribution in [0.4, 0.5) is 4.39 Å². The van der Waals surface area contributed by atoms with E-state index in [1.54, 1.807) is 0 Å². The number of methoxy groups -OCH3 is 1. The number of hydrogen-bond donors (Lipinski definition) is 0. The lowest BCUT2D eigenvalue weighted by Gasteiger charge is -2.08. The molecule has 1 saturated carbocycles. The molecule has 1 aromatic carbocycles. The van der Waals surface area contributed by atoms with Gasteiger partial charge in [0.2, 0.25) is 5.69 Å². The molecule has 0 atom stereocenters. The Morgan fingerprint density at radius 1 is 1.32 bits per heavy atom. The third-order valence-electron chi connectivity index (χ3n) is 3.86. The van der Waals surface area contributed by atoms with Crippen molar-refractivity contribution in [1.82, 2.24) is 5.16 Å². The Balaban J connectivity index is 2.20. The highest BCUT2D eigenvalue weighted by Crippen LogP contribution is 2.43. The van der Waals surface area contributed by atoms with E-state index in [-0.39, 0.29) is 28.5 Å². The number of carbonyl (C=O) groups excluding carboxylic acids is 2. The van der Waals surface area contributed by atoms with Gasteiger partial charge in [0.25, 0.3) is 0 Å². The van der Waals surface area contributed by atoms with Crippen molar-refractivity contribution in [2.45, 2.75) is 23.7 Å². The minimum absolute atomic E-state index is 0.0630. The summed E-state index contributed by atoms with van der Waals surface area (Å²) < 4.78 is 47.1. The van der Waals surface area contributed by atoms with Crippen LogP contribution in [0, 0.1) is 5.82 Å². The van der Waals surface area contributed by atoms with Gasteiger partial charge in [-0.25, -0.2) is 17.6 Å². The van der Waals surface area contributed by atoms with Crippen molar-refractivity contribution in [1.29, 1.82) is 0 Å². The Bertz CT molecular complexity index is 975. The van der Waals surface area contributed by atoms with Crippen molar-refractivity contribution in [2.75, 3.05) is 13.4 Å². The molecule has 0 aliphatic heterocycles. The quantitative estimate of drug-likeness (QED) is 0.589. The van der Waals surface area contributed by atoms with Crippen LogP contribution in [0.2, 0.25) is 0 Å². The molecule has 1 aromatic heterocycles. The van der Waals surface area contributed by atoms with Crippen molar-refractivity contribution < 1.29 is 31.7 Å². The van der Waals surface area contributed by atoms with Gasteiger partial charge in [0.15, 0.2) is 21.4 Å². The summed E-state index contributed by atoms with van der Waals surface area (Å²) in [4.78, 5) is 24.4. The highest BCUT2D eigenvalue weighted by Gasteiger charge is 2.38. The lowest BCUT2D eigenvalue weighted by atomic mass is 9.99. The van der Waals surface area contributed by atoms with E-state index in [4.69, 9.17) is 4.52 Å². The first-order valence-electron chi connectivity index (χ1n) is 7.36. The third-order valence-corrected chi connectivity index (χ3v) is 5.00. The molecule has 3 rings (SSSR count). The van der Waals surface area contributed by atoms with E-state index in [0.29, 0.717) is 0 Å². The van der Waals surface area contributed by atoms with Gasteiger partial charge in [-0.2, -0.15) is 0 Å². The lowest BCUT2D eigenvalue weighted by Crippen LogP contribution is -2.15. The Morgan fingerprint density at radius 2 is 2.00 bits per heavy atom. The minimum atomic E-state index is -3.88. The molecule has 9 heteroatoms. The molecule has 0 unspecified atom stereocenters. The monoisotopic (exact) mass is 367 g/mol. The summed E-state index contributed by atoms with van der Waals surface area (Å²) >= 11 is 0. The molecule has 132 valence electrons. The summed E-state index contributed by atoms with van der Waals surface area (Å²) in [6.45, 7) is 0. The largest absolute Gasteiger partial charge is 0.464 e.